The average Bonchev–Trinajstić information content (AvgIpc) is 2.26. The van der Waals surface area contributed by atoms with Gasteiger partial charge in [0.05, 0.1) is 17.1 Å². The summed E-state index contributed by atoms with van der Waals surface area (Å²) in [7, 11) is 1.29. The maximum atomic E-state index is 11.2. The molecular formula is C10H10BrNO4. The van der Waals surface area contributed by atoms with Gasteiger partial charge in [0.15, 0.2) is 6.61 Å². The molecular weight excluding hydrogens is 278 g/mol. The van der Waals surface area contributed by atoms with Crippen molar-refractivity contribution in [2.45, 2.75) is 0 Å². The van der Waals surface area contributed by atoms with Gasteiger partial charge in [-0.05, 0) is 34.1 Å². The predicted molar refractivity (Wildman–Crippen MR) is 60.2 cm³/mol. The first kappa shape index (κ1) is 12.5. The number of methoxy groups -OCH3 is 1. The highest BCUT2D eigenvalue weighted by Crippen LogP contribution is 2.26. The van der Waals surface area contributed by atoms with Crippen molar-refractivity contribution in [3.8, 4) is 5.75 Å². The van der Waals surface area contributed by atoms with Gasteiger partial charge in [-0.1, -0.05) is 0 Å². The minimum atomic E-state index is -0.588. The molecule has 1 amide bonds. The highest BCUT2D eigenvalue weighted by molar-refractivity contribution is 9.10. The smallest absolute Gasteiger partial charge is 0.337 e. The van der Waals surface area contributed by atoms with Gasteiger partial charge in [-0.25, -0.2) is 4.79 Å². The Morgan fingerprint density at radius 3 is 2.69 bits per heavy atom. The van der Waals surface area contributed by atoms with Crippen molar-refractivity contribution in [2.24, 2.45) is 5.73 Å². The number of nitrogens with two attached hydrogens (primary N) is 1. The fraction of sp³-hybridized carbons (Fsp3) is 0.200. The molecule has 0 fully saturated rings. The van der Waals surface area contributed by atoms with Crippen molar-refractivity contribution in [3.05, 3.63) is 28.2 Å². The molecule has 0 bridgehead atoms. The summed E-state index contributed by atoms with van der Waals surface area (Å²) in [6.45, 7) is -0.247. The van der Waals surface area contributed by atoms with E-state index in [0.29, 0.717) is 15.8 Å². The molecule has 0 spiro atoms. The van der Waals surface area contributed by atoms with Crippen molar-refractivity contribution in [3.63, 3.8) is 0 Å². The third-order valence-electron chi connectivity index (χ3n) is 1.72. The Hall–Kier alpha value is -1.56. The van der Waals surface area contributed by atoms with Crippen LogP contribution in [0.2, 0.25) is 0 Å². The molecule has 2 N–H and O–H groups in total. The second-order valence-corrected chi connectivity index (χ2v) is 3.75. The molecule has 0 aromatic heterocycles. The molecule has 0 saturated carbocycles. The summed E-state index contributed by atoms with van der Waals surface area (Å²) in [6, 6.07) is 4.68. The zero-order valence-electron chi connectivity index (χ0n) is 8.53. The van der Waals surface area contributed by atoms with Gasteiger partial charge in [0.2, 0.25) is 0 Å². The van der Waals surface area contributed by atoms with Crippen molar-refractivity contribution >= 4 is 27.8 Å². The SMILES string of the molecule is COC(=O)c1ccc(Br)c(OCC(N)=O)c1. The van der Waals surface area contributed by atoms with Gasteiger partial charge in [-0.3, -0.25) is 4.79 Å². The Kier molecular flexibility index (Phi) is 4.30. The van der Waals surface area contributed by atoms with Gasteiger partial charge >= 0.3 is 5.97 Å². The first-order valence-corrected chi connectivity index (χ1v) is 5.13. The van der Waals surface area contributed by atoms with Gasteiger partial charge < -0.3 is 15.2 Å². The minimum Gasteiger partial charge on any atom is -0.483 e. The number of ether oxygens (including phenoxy) is 2. The number of hydrogen-bond acceptors (Lipinski definition) is 4. The van der Waals surface area contributed by atoms with Crippen LogP contribution in [0.25, 0.3) is 0 Å². The number of hydrogen-bond donors (Lipinski definition) is 1. The molecule has 5 nitrogen and oxygen atoms in total. The van der Waals surface area contributed by atoms with E-state index >= 15 is 0 Å². The van der Waals surface area contributed by atoms with E-state index in [4.69, 9.17) is 10.5 Å². The number of esters is 1. The zero-order chi connectivity index (χ0) is 12.1. The normalized spacial score (nSPS) is 9.62. The summed E-state index contributed by atoms with van der Waals surface area (Å²) in [5, 5.41) is 0. The lowest BCUT2D eigenvalue weighted by atomic mass is 10.2. The van der Waals surface area contributed by atoms with Crippen LogP contribution in [0, 0.1) is 0 Å². The van der Waals surface area contributed by atoms with Crippen LogP contribution < -0.4 is 10.5 Å². The summed E-state index contributed by atoms with van der Waals surface area (Å²) >= 11 is 3.22. The predicted octanol–water partition coefficient (Wildman–Crippen LogP) is 1.10. The van der Waals surface area contributed by atoms with Gasteiger partial charge in [-0.2, -0.15) is 0 Å². The van der Waals surface area contributed by atoms with Crippen molar-refractivity contribution in [1.29, 1.82) is 0 Å². The zero-order valence-corrected chi connectivity index (χ0v) is 10.1. The number of halogens is 1. The average molecular weight is 288 g/mol. The van der Waals surface area contributed by atoms with E-state index in [9.17, 15) is 9.59 Å². The molecule has 86 valence electrons. The van der Waals surface area contributed by atoms with E-state index in [2.05, 4.69) is 20.7 Å². The molecule has 6 heteroatoms. The lowest BCUT2D eigenvalue weighted by Gasteiger charge is -2.07. The summed E-state index contributed by atoms with van der Waals surface area (Å²) < 4.78 is 10.3. The Bertz CT molecular complexity index is 419. The molecule has 1 aromatic rings. The number of carbonyl (C=O) groups is 2. The van der Waals surface area contributed by atoms with Crippen LogP contribution in [0.1, 0.15) is 10.4 Å². The molecule has 0 aliphatic heterocycles. The topological polar surface area (TPSA) is 78.6 Å². The maximum absolute atomic E-state index is 11.2. The number of amides is 1. The molecule has 0 atom stereocenters. The Labute approximate surface area is 101 Å². The molecule has 0 unspecified atom stereocenters. The Morgan fingerprint density at radius 2 is 2.12 bits per heavy atom. The molecule has 1 aromatic carbocycles. The second-order valence-electron chi connectivity index (χ2n) is 2.89. The summed E-state index contributed by atoms with van der Waals surface area (Å²) in [5.74, 6) is -0.700. The van der Waals surface area contributed by atoms with E-state index in [1.807, 2.05) is 0 Å². The lowest BCUT2D eigenvalue weighted by Crippen LogP contribution is -2.20. The minimum absolute atomic E-state index is 0.247. The number of benzene rings is 1. The van der Waals surface area contributed by atoms with E-state index < -0.39 is 11.9 Å². The van der Waals surface area contributed by atoms with E-state index in [0.717, 1.165) is 0 Å². The first-order valence-electron chi connectivity index (χ1n) is 4.33. The first-order chi connectivity index (χ1) is 7.54. The largest absolute Gasteiger partial charge is 0.483 e. The Morgan fingerprint density at radius 1 is 1.44 bits per heavy atom. The van der Waals surface area contributed by atoms with Crippen molar-refractivity contribution < 1.29 is 19.1 Å². The fourth-order valence-electron chi connectivity index (χ4n) is 1.01. The van der Waals surface area contributed by atoms with E-state index in [1.54, 1.807) is 12.1 Å². The van der Waals surface area contributed by atoms with Crippen LogP contribution in [0.3, 0.4) is 0 Å². The molecule has 0 saturated heterocycles. The van der Waals surface area contributed by atoms with Gasteiger partial charge in [0, 0.05) is 0 Å². The van der Waals surface area contributed by atoms with E-state index in [1.165, 1.54) is 13.2 Å². The molecule has 0 aliphatic carbocycles. The molecule has 0 aliphatic rings. The van der Waals surface area contributed by atoms with Crippen LogP contribution in [0.15, 0.2) is 22.7 Å². The van der Waals surface area contributed by atoms with Crippen molar-refractivity contribution in [1.82, 2.24) is 0 Å². The Balaban J connectivity index is 2.90. The standard InChI is InChI=1S/C10H10BrNO4/c1-15-10(14)6-2-3-7(11)8(4-6)16-5-9(12)13/h2-4H,5H2,1H3,(H2,12,13). The number of carbonyl (C=O) groups excluding carboxylic acids is 2. The number of primary amides is 1. The molecule has 16 heavy (non-hydrogen) atoms. The van der Waals surface area contributed by atoms with Gasteiger partial charge in [0.25, 0.3) is 5.91 Å². The third kappa shape index (κ3) is 3.23. The lowest BCUT2D eigenvalue weighted by molar-refractivity contribution is -0.119. The highest BCUT2D eigenvalue weighted by atomic mass is 79.9. The second kappa shape index (κ2) is 5.50. The highest BCUT2D eigenvalue weighted by Gasteiger charge is 2.10. The molecule has 1 rings (SSSR count). The van der Waals surface area contributed by atoms with Crippen LogP contribution in [0.4, 0.5) is 0 Å². The van der Waals surface area contributed by atoms with Crippen LogP contribution >= 0.6 is 15.9 Å². The van der Waals surface area contributed by atoms with Crippen LogP contribution in [-0.2, 0) is 9.53 Å². The molecule has 0 heterocycles. The van der Waals surface area contributed by atoms with E-state index in [-0.39, 0.29) is 6.61 Å². The fourth-order valence-corrected chi connectivity index (χ4v) is 1.37. The summed E-state index contributed by atoms with van der Waals surface area (Å²) in [5.41, 5.74) is 5.28. The summed E-state index contributed by atoms with van der Waals surface area (Å²) in [4.78, 5) is 21.8. The van der Waals surface area contributed by atoms with Crippen LogP contribution in [-0.4, -0.2) is 25.6 Å². The third-order valence-corrected chi connectivity index (χ3v) is 2.38. The summed E-state index contributed by atoms with van der Waals surface area (Å²) in [6.07, 6.45) is 0. The number of rotatable bonds is 4. The van der Waals surface area contributed by atoms with Gasteiger partial charge in [0.1, 0.15) is 5.75 Å². The van der Waals surface area contributed by atoms with Gasteiger partial charge in [-0.15, -0.1) is 0 Å². The van der Waals surface area contributed by atoms with Crippen molar-refractivity contribution in [2.75, 3.05) is 13.7 Å². The maximum Gasteiger partial charge on any atom is 0.337 e. The monoisotopic (exact) mass is 287 g/mol. The quantitative estimate of drug-likeness (QED) is 0.841. The van der Waals surface area contributed by atoms with Crippen LogP contribution in [0.5, 0.6) is 5.75 Å². The molecule has 0 radical (unpaired) electrons.